The minimum atomic E-state index is -5.62. The Labute approximate surface area is 139 Å². The van der Waals surface area contributed by atoms with Crippen molar-refractivity contribution in [2.24, 2.45) is 0 Å². The number of benzene rings is 1. The van der Waals surface area contributed by atoms with Crippen molar-refractivity contribution in [3.8, 4) is 11.6 Å². The van der Waals surface area contributed by atoms with E-state index >= 15 is 0 Å². The molecule has 1 aliphatic carbocycles. The third kappa shape index (κ3) is 2.94. The van der Waals surface area contributed by atoms with Gasteiger partial charge in [0.2, 0.25) is 0 Å². The molecular weight excluding hydrogens is 348 g/mol. The van der Waals surface area contributed by atoms with E-state index in [-0.39, 0.29) is 30.0 Å². The highest BCUT2D eigenvalue weighted by atomic mass is 19.4. The van der Waals surface area contributed by atoms with Gasteiger partial charge in [0.1, 0.15) is 5.75 Å². The normalized spacial score (nSPS) is 16.6. The van der Waals surface area contributed by atoms with Crippen LogP contribution in [-0.4, -0.2) is 17.1 Å². The van der Waals surface area contributed by atoms with Crippen LogP contribution in [0.5, 0.6) is 11.6 Å². The van der Waals surface area contributed by atoms with Gasteiger partial charge in [0.15, 0.2) is 5.82 Å². The molecule has 0 N–H and O–H groups in total. The Morgan fingerprint density at radius 3 is 2.12 bits per heavy atom. The molecular formula is C17H13F6NO. The Kier molecular flexibility index (Phi) is 3.96. The predicted molar refractivity (Wildman–Crippen MR) is 77.4 cm³/mol. The molecule has 0 unspecified atom stereocenters. The number of aryl methyl sites for hydroxylation is 1. The summed E-state index contributed by atoms with van der Waals surface area (Å²) in [6.07, 6.45) is -4.74. The minimum Gasteiger partial charge on any atom is -0.436 e. The molecule has 0 amide bonds. The van der Waals surface area contributed by atoms with Crippen LogP contribution >= 0.6 is 0 Å². The van der Waals surface area contributed by atoms with E-state index in [1.54, 1.807) is 6.92 Å². The maximum Gasteiger partial charge on any atom is 0.454 e. The van der Waals surface area contributed by atoms with Crippen molar-refractivity contribution in [2.75, 3.05) is 0 Å². The molecule has 2 nitrogen and oxygen atoms in total. The number of aromatic nitrogens is 1. The van der Waals surface area contributed by atoms with Gasteiger partial charge < -0.3 is 4.74 Å². The van der Waals surface area contributed by atoms with Crippen molar-refractivity contribution in [1.29, 1.82) is 0 Å². The van der Waals surface area contributed by atoms with Gasteiger partial charge in [0, 0.05) is 6.20 Å². The van der Waals surface area contributed by atoms with E-state index < -0.39 is 23.3 Å². The summed E-state index contributed by atoms with van der Waals surface area (Å²) in [5, 5.41) is 0. The molecule has 25 heavy (non-hydrogen) atoms. The van der Waals surface area contributed by atoms with E-state index in [4.69, 9.17) is 4.74 Å². The summed E-state index contributed by atoms with van der Waals surface area (Å²) in [6, 6.07) is 5.95. The predicted octanol–water partition coefficient (Wildman–Crippen LogP) is 5.55. The van der Waals surface area contributed by atoms with Crippen LogP contribution in [0.25, 0.3) is 0 Å². The van der Waals surface area contributed by atoms with E-state index in [2.05, 4.69) is 4.98 Å². The second kappa shape index (κ2) is 5.64. The third-order valence-corrected chi connectivity index (χ3v) is 4.27. The molecule has 1 aromatic carbocycles. The summed E-state index contributed by atoms with van der Waals surface area (Å²) >= 11 is 0. The van der Waals surface area contributed by atoms with Gasteiger partial charge in [0.05, 0.1) is 5.41 Å². The Morgan fingerprint density at radius 1 is 1.04 bits per heavy atom. The van der Waals surface area contributed by atoms with Crippen molar-refractivity contribution in [3.63, 3.8) is 0 Å². The van der Waals surface area contributed by atoms with E-state index in [9.17, 15) is 26.3 Å². The number of rotatable bonds is 4. The molecule has 1 heterocycles. The van der Waals surface area contributed by atoms with Crippen LogP contribution in [0.15, 0.2) is 36.5 Å². The molecule has 0 saturated heterocycles. The van der Waals surface area contributed by atoms with Crippen molar-refractivity contribution in [3.05, 3.63) is 53.5 Å². The van der Waals surface area contributed by atoms with Gasteiger partial charge in [-0.25, -0.2) is 9.37 Å². The highest BCUT2D eigenvalue weighted by Crippen LogP contribution is 2.63. The molecule has 1 aromatic heterocycles. The fourth-order valence-corrected chi connectivity index (χ4v) is 2.73. The zero-order valence-electron chi connectivity index (χ0n) is 13.0. The lowest BCUT2D eigenvalue weighted by Gasteiger charge is -2.29. The Bertz CT molecular complexity index is 781. The summed E-state index contributed by atoms with van der Waals surface area (Å²) in [5.74, 6) is -5.73. The van der Waals surface area contributed by atoms with Gasteiger partial charge in [-0.05, 0) is 49.1 Å². The summed E-state index contributed by atoms with van der Waals surface area (Å²) < 4.78 is 84.5. The summed E-state index contributed by atoms with van der Waals surface area (Å²) in [7, 11) is 0. The maximum atomic E-state index is 13.8. The van der Waals surface area contributed by atoms with Gasteiger partial charge in [-0.1, -0.05) is 12.1 Å². The first-order chi connectivity index (χ1) is 11.6. The molecule has 0 aliphatic heterocycles. The molecule has 3 rings (SSSR count). The second-order valence-corrected chi connectivity index (χ2v) is 6.08. The molecule has 0 bridgehead atoms. The largest absolute Gasteiger partial charge is 0.454 e. The van der Waals surface area contributed by atoms with E-state index in [1.165, 1.54) is 24.4 Å². The van der Waals surface area contributed by atoms with Crippen LogP contribution in [-0.2, 0) is 5.41 Å². The van der Waals surface area contributed by atoms with Crippen molar-refractivity contribution in [1.82, 2.24) is 4.98 Å². The number of nitrogens with zero attached hydrogens (tertiary/aromatic N) is 1. The maximum absolute atomic E-state index is 13.8. The van der Waals surface area contributed by atoms with Crippen molar-refractivity contribution >= 4 is 0 Å². The first-order valence-electron chi connectivity index (χ1n) is 7.42. The van der Waals surface area contributed by atoms with Crippen LogP contribution in [0.4, 0.5) is 26.3 Å². The average molecular weight is 361 g/mol. The Hall–Kier alpha value is -2.25. The quantitative estimate of drug-likeness (QED) is 0.666. The highest BCUT2D eigenvalue weighted by Gasteiger charge is 2.75. The van der Waals surface area contributed by atoms with Gasteiger partial charge >= 0.3 is 12.1 Å². The highest BCUT2D eigenvalue weighted by molar-refractivity contribution is 5.40. The molecule has 0 spiro atoms. The first-order valence-corrected chi connectivity index (χ1v) is 7.42. The summed E-state index contributed by atoms with van der Waals surface area (Å²) in [6.45, 7) is 1.64. The number of hydrogen-bond donors (Lipinski definition) is 0. The Balaban J connectivity index is 1.83. The van der Waals surface area contributed by atoms with Gasteiger partial charge in [-0.2, -0.15) is 22.0 Å². The van der Waals surface area contributed by atoms with Crippen LogP contribution in [0.1, 0.15) is 24.0 Å². The zero-order chi connectivity index (χ0) is 18.5. The fourth-order valence-electron chi connectivity index (χ4n) is 2.73. The summed E-state index contributed by atoms with van der Waals surface area (Å²) in [5.41, 5.74) is -1.78. The SMILES string of the molecule is Cc1cnc(Oc2ccc(C3(C(F)(F)C(F)(F)F)CC3)cc2)c(F)c1. The second-order valence-electron chi connectivity index (χ2n) is 6.08. The fraction of sp³-hybridized carbons (Fsp3) is 0.353. The molecule has 1 aliphatic rings. The van der Waals surface area contributed by atoms with Crippen LogP contribution in [0.3, 0.4) is 0 Å². The Morgan fingerprint density at radius 2 is 1.64 bits per heavy atom. The van der Waals surface area contributed by atoms with Gasteiger partial charge in [-0.3, -0.25) is 0 Å². The molecule has 134 valence electrons. The lowest BCUT2D eigenvalue weighted by Crippen LogP contribution is -2.47. The zero-order valence-corrected chi connectivity index (χ0v) is 13.0. The number of hydrogen-bond acceptors (Lipinski definition) is 2. The summed E-state index contributed by atoms with van der Waals surface area (Å²) in [4.78, 5) is 3.76. The molecule has 2 aromatic rings. The van der Waals surface area contributed by atoms with Gasteiger partial charge in [0.25, 0.3) is 5.88 Å². The first kappa shape index (κ1) is 17.6. The molecule has 1 saturated carbocycles. The monoisotopic (exact) mass is 361 g/mol. The number of alkyl halides is 5. The van der Waals surface area contributed by atoms with Crippen LogP contribution in [0, 0.1) is 12.7 Å². The van der Waals surface area contributed by atoms with E-state index in [1.807, 2.05) is 0 Å². The molecule has 8 heteroatoms. The average Bonchev–Trinajstić information content (AvgIpc) is 3.32. The molecule has 1 fully saturated rings. The topological polar surface area (TPSA) is 22.1 Å². The number of ether oxygens (including phenoxy) is 1. The van der Waals surface area contributed by atoms with Gasteiger partial charge in [-0.15, -0.1) is 0 Å². The third-order valence-electron chi connectivity index (χ3n) is 4.27. The van der Waals surface area contributed by atoms with E-state index in [0.717, 1.165) is 12.1 Å². The molecule has 0 radical (unpaired) electrons. The van der Waals surface area contributed by atoms with E-state index in [0.29, 0.717) is 5.56 Å². The van der Waals surface area contributed by atoms with Crippen LogP contribution < -0.4 is 4.74 Å². The lowest BCUT2D eigenvalue weighted by atomic mass is 9.88. The molecule has 0 atom stereocenters. The number of pyridine rings is 1. The van der Waals surface area contributed by atoms with Crippen molar-refractivity contribution < 1.29 is 31.1 Å². The number of halogens is 6. The smallest absolute Gasteiger partial charge is 0.436 e. The van der Waals surface area contributed by atoms with Crippen LogP contribution in [0.2, 0.25) is 0 Å². The van der Waals surface area contributed by atoms with Crippen molar-refractivity contribution in [2.45, 2.75) is 37.3 Å². The standard InChI is InChI=1S/C17H13F6NO/c1-10-8-13(18)14(24-9-10)25-12-4-2-11(3-5-12)15(6-7-15)16(19,20)17(21,22)23/h2-5,8-9H,6-7H2,1H3. The lowest BCUT2D eigenvalue weighted by molar-refractivity contribution is -0.296. The minimum absolute atomic E-state index is 0.0881.